The van der Waals surface area contributed by atoms with Crippen molar-refractivity contribution in [1.29, 1.82) is 0 Å². The van der Waals surface area contributed by atoms with Crippen LogP contribution in [-0.4, -0.2) is 30.8 Å². The zero-order valence-corrected chi connectivity index (χ0v) is 14.1. The monoisotopic (exact) mass is 323 g/mol. The van der Waals surface area contributed by atoms with Gasteiger partial charge in [-0.2, -0.15) is 5.10 Å². The lowest BCUT2D eigenvalue weighted by atomic mass is 10.1. The largest absolute Gasteiger partial charge is 0.330 e. The molecule has 124 valence electrons. The second kappa shape index (κ2) is 5.87. The predicted molar refractivity (Wildman–Crippen MR) is 92.7 cm³/mol. The lowest BCUT2D eigenvalue weighted by Gasteiger charge is -2.27. The summed E-state index contributed by atoms with van der Waals surface area (Å²) in [5, 5.41) is 4.48. The third-order valence-electron chi connectivity index (χ3n) is 4.77. The smallest absolute Gasteiger partial charge is 0.267 e. The molecular weight excluding hydrogens is 302 g/mol. The van der Waals surface area contributed by atoms with Gasteiger partial charge in [-0.1, -0.05) is 12.1 Å². The average molecular weight is 323 g/mol. The van der Waals surface area contributed by atoms with Crippen LogP contribution in [0.15, 0.2) is 35.1 Å². The van der Waals surface area contributed by atoms with Gasteiger partial charge in [0.15, 0.2) is 0 Å². The number of rotatable bonds is 3. The summed E-state index contributed by atoms with van der Waals surface area (Å²) < 4.78 is 3.69. The quantitative estimate of drug-likeness (QED) is 0.736. The molecule has 1 aliphatic rings. The summed E-state index contributed by atoms with van der Waals surface area (Å²) in [6.07, 6.45) is 0.875. The van der Waals surface area contributed by atoms with Gasteiger partial charge in [0.1, 0.15) is 5.82 Å². The Labute approximate surface area is 140 Å². The lowest BCUT2D eigenvalue weighted by molar-refractivity contribution is 0.233. The van der Waals surface area contributed by atoms with Crippen molar-refractivity contribution in [1.82, 2.24) is 24.2 Å². The van der Waals surface area contributed by atoms with E-state index in [1.165, 1.54) is 0 Å². The molecule has 1 aromatic carbocycles. The number of hydrogen-bond acceptors (Lipinski definition) is 4. The van der Waals surface area contributed by atoms with Crippen LogP contribution in [0.3, 0.4) is 0 Å². The fraction of sp³-hybridized carbons (Fsp3) is 0.389. The van der Waals surface area contributed by atoms with E-state index in [1.807, 2.05) is 25.1 Å². The van der Waals surface area contributed by atoms with Gasteiger partial charge in [-0.15, -0.1) is 0 Å². The first-order chi connectivity index (χ1) is 11.7. The van der Waals surface area contributed by atoms with Crippen molar-refractivity contribution in [2.24, 2.45) is 7.05 Å². The Morgan fingerprint density at radius 2 is 2.08 bits per heavy atom. The van der Waals surface area contributed by atoms with Gasteiger partial charge in [0.25, 0.3) is 5.56 Å². The van der Waals surface area contributed by atoms with Gasteiger partial charge >= 0.3 is 0 Å². The van der Waals surface area contributed by atoms with Gasteiger partial charge in [-0.05, 0) is 24.6 Å². The summed E-state index contributed by atoms with van der Waals surface area (Å²) in [5.41, 5.74) is 4.27. The van der Waals surface area contributed by atoms with Crippen molar-refractivity contribution in [3.05, 3.63) is 57.8 Å². The molecule has 3 heterocycles. The minimum atomic E-state index is -0.0131. The molecule has 0 saturated heterocycles. The van der Waals surface area contributed by atoms with Crippen LogP contribution in [0.4, 0.5) is 0 Å². The number of aromatic nitrogens is 4. The summed E-state index contributed by atoms with van der Waals surface area (Å²) in [6, 6.07) is 9.93. The van der Waals surface area contributed by atoms with Gasteiger partial charge in [0.05, 0.1) is 23.3 Å². The molecule has 4 rings (SSSR count). The second-order valence-corrected chi connectivity index (χ2v) is 6.31. The summed E-state index contributed by atoms with van der Waals surface area (Å²) in [4.78, 5) is 19.1. The molecule has 0 bridgehead atoms. The van der Waals surface area contributed by atoms with Crippen molar-refractivity contribution < 1.29 is 0 Å². The van der Waals surface area contributed by atoms with E-state index in [9.17, 15) is 4.79 Å². The maximum atomic E-state index is 12.0. The average Bonchev–Trinajstić information content (AvgIpc) is 2.90. The summed E-state index contributed by atoms with van der Waals surface area (Å²) in [7, 11) is 2.06. The standard InChI is InChI=1S/C18H21N5O/c1-3-23-18(24)10-13-11-22(9-8-14(13)20-23)12-17-19-15-6-4-5-7-16(15)21(17)2/h4-7,10H,3,8-9,11-12H2,1-2H3. The Bertz CT molecular complexity index is 956. The van der Waals surface area contributed by atoms with Crippen LogP contribution in [0.5, 0.6) is 0 Å². The van der Waals surface area contributed by atoms with Crippen molar-refractivity contribution in [3.63, 3.8) is 0 Å². The molecule has 0 atom stereocenters. The third-order valence-corrected chi connectivity index (χ3v) is 4.77. The van der Waals surface area contributed by atoms with Gasteiger partial charge in [-0.25, -0.2) is 9.67 Å². The normalized spacial score (nSPS) is 14.9. The SMILES string of the molecule is CCn1nc2c(cc1=O)CN(Cc1nc3ccccc3n1C)CC2. The molecule has 0 aliphatic carbocycles. The van der Waals surface area contributed by atoms with Crippen LogP contribution < -0.4 is 5.56 Å². The maximum Gasteiger partial charge on any atom is 0.267 e. The highest BCUT2D eigenvalue weighted by Crippen LogP contribution is 2.20. The van der Waals surface area contributed by atoms with E-state index < -0.39 is 0 Å². The third kappa shape index (κ3) is 2.53. The van der Waals surface area contributed by atoms with Gasteiger partial charge in [0.2, 0.25) is 0 Å². The Morgan fingerprint density at radius 3 is 2.88 bits per heavy atom. The number of fused-ring (bicyclic) bond motifs is 2. The Hall–Kier alpha value is -2.47. The Kier molecular flexibility index (Phi) is 3.69. The molecule has 0 unspecified atom stereocenters. The van der Waals surface area contributed by atoms with Crippen molar-refractivity contribution in [2.75, 3.05) is 6.54 Å². The first kappa shape index (κ1) is 15.1. The van der Waals surface area contributed by atoms with Crippen LogP contribution in [-0.2, 0) is 33.1 Å². The van der Waals surface area contributed by atoms with Gasteiger partial charge in [-0.3, -0.25) is 9.69 Å². The van der Waals surface area contributed by atoms with Gasteiger partial charge < -0.3 is 4.57 Å². The molecule has 3 aromatic rings. The topological polar surface area (TPSA) is 56.0 Å². The molecule has 6 nitrogen and oxygen atoms in total. The number of imidazole rings is 1. The molecule has 0 saturated carbocycles. The fourth-order valence-corrected chi connectivity index (χ4v) is 3.40. The zero-order valence-electron chi connectivity index (χ0n) is 14.1. The van der Waals surface area contributed by atoms with Crippen LogP contribution >= 0.6 is 0 Å². The van der Waals surface area contributed by atoms with Crippen molar-refractivity contribution in [3.8, 4) is 0 Å². The first-order valence-corrected chi connectivity index (χ1v) is 8.38. The highest BCUT2D eigenvalue weighted by Gasteiger charge is 2.20. The van der Waals surface area contributed by atoms with Crippen LogP contribution in [0, 0.1) is 0 Å². The fourth-order valence-electron chi connectivity index (χ4n) is 3.40. The van der Waals surface area contributed by atoms with Crippen LogP contribution in [0.2, 0.25) is 0 Å². The van der Waals surface area contributed by atoms with Crippen LogP contribution in [0.1, 0.15) is 24.0 Å². The van der Waals surface area contributed by atoms with E-state index in [1.54, 1.807) is 10.7 Å². The molecule has 0 amide bonds. The molecule has 2 aromatic heterocycles. The zero-order chi connectivity index (χ0) is 16.7. The van der Waals surface area contributed by atoms with E-state index in [-0.39, 0.29) is 5.56 Å². The molecule has 0 spiro atoms. The van der Waals surface area contributed by atoms with Crippen LogP contribution in [0.25, 0.3) is 11.0 Å². The molecule has 1 aliphatic heterocycles. The minimum absolute atomic E-state index is 0.0131. The number of aryl methyl sites for hydroxylation is 2. The predicted octanol–water partition coefficient (Wildman–Crippen LogP) is 1.71. The van der Waals surface area contributed by atoms with Gasteiger partial charge in [0, 0.05) is 39.2 Å². The summed E-state index contributed by atoms with van der Waals surface area (Å²) in [5.74, 6) is 1.05. The molecule has 6 heteroatoms. The first-order valence-electron chi connectivity index (χ1n) is 8.38. The minimum Gasteiger partial charge on any atom is -0.330 e. The number of hydrogen-bond donors (Lipinski definition) is 0. The number of nitrogens with zero attached hydrogens (tertiary/aromatic N) is 5. The molecule has 0 radical (unpaired) electrons. The van der Waals surface area contributed by atoms with Crippen molar-refractivity contribution >= 4 is 11.0 Å². The van der Waals surface area contributed by atoms with E-state index in [0.717, 1.165) is 54.2 Å². The molecule has 0 N–H and O–H groups in total. The lowest BCUT2D eigenvalue weighted by Crippen LogP contribution is -2.35. The number of para-hydroxylation sites is 2. The second-order valence-electron chi connectivity index (χ2n) is 6.31. The Balaban J connectivity index is 1.59. The van der Waals surface area contributed by atoms with Crippen molar-refractivity contribution in [2.45, 2.75) is 33.0 Å². The van der Waals surface area contributed by atoms with E-state index in [4.69, 9.17) is 4.98 Å². The van der Waals surface area contributed by atoms with E-state index in [0.29, 0.717) is 6.54 Å². The summed E-state index contributed by atoms with van der Waals surface area (Å²) >= 11 is 0. The molecule has 0 fully saturated rings. The summed E-state index contributed by atoms with van der Waals surface area (Å²) in [6.45, 7) is 5.04. The van der Waals surface area contributed by atoms with E-state index >= 15 is 0 Å². The molecule has 24 heavy (non-hydrogen) atoms. The molecular formula is C18H21N5O. The Morgan fingerprint density at radius 1 is 1.25 bits per heavy atom. The van der Waals surface area contributed by atoms with E-state index in [2.05, 4.69) is 27.7 Å². The number of benzene rings is 1. The highest BCUT2D eigenvalue weighted by molar-refractivity contribution is 5.75. The highest BCUT2D eigenvalue weighted by atomic mass is 16.1. The maximum absolute atomic E-state index is 12.0.